The molecule has 1 radical (unpaired) electrons. The van der Waals surface area contributed by atoms with E-state index in [2.05, 4.69) is 5.32 Å². The van der Waals surface area contributed by atoms with E-state index in [1.54, 1.807) is 0 Å². The van der Waals surface area contributed by atoms with Crippen LogP contribution in [0.15, 0.2) is 0 Å². The number of rotatable bonds is 0. The van der Waals surface area contributed by atoms with Crippen LogP contribution in [0.5, 0.6) is 0 Å². The van der Waals surface area contributed by atoms with Crippen LogP contribution in [0.1, 0.15) is 12.8 Å². The largest absolute Gasteiger partial charge is 0.317 e. The van der Waals surface area contributed by atoms with E-state index in [0.717, 1.165) is 0 Å². The molecule has 0 bridgehead atoms. The first kappa shape index (κ1) is 7.06. The first-order valence-corrected chi connectivity index (χ1v) is 2.21. The Balaban J connectivity index is 0.000000250. The minimum atomic E-state index is 0. The van der Waals surface area contributed by atoms with Crippen molar-refractivity contribution in [3.63, 3.8) is 0 Å². The molecule has 0 aromatic heterocycles. The predicted octanol–water partition coefficient (Wildman–Crippen LogP) is 0.367. The van der Waals surface area contributed by atoms with E-state index in [0.29, 0.717) is 0 Å². The fourth-order valence-electron chi connectivity index (χ4n) is 0.625. The molecular weight excluding hydrogens is 151 g/mol. The third kappa shape index (κ3) is 2.27. The molecule has 0 aromatic rings. The summed E-state index contributed by atoms with van der Waals surface area (Å²) in [7, 11) is 0. The Morgan fingerprint density at radius 3 is 1.67 bits per heavy atom. The first-order valence-electron chi connectivity index (χ1n) is 2.21. The monoisotopic (exact) mass is 160 g/mol. The van der Waals surface area contributed by atoms with Crippen LogP contribution in [0.3, 0.4) is 0 Å². The molecule has 0 saturated carbocycles. The van der Waals surface area contributed by atoms with E-state index < -0.39 is 0 Å². The van der Waals surface area contributed by atoms with E-state index in [9.17, 15) is 0 Å². The van der Waals surface area contributed by atoms with Crippen LogP contribution in [0.4, 0.5) is 0 Å². The minimum Gasteiger partial charge on any atom is -0.317 e. The summed E-state index contributed by atoms with van der Waals surface area (Å²) in [6.07, 6.45) is 2.78. The van der Waals surface area contributed by atoms with Crippen molar-refractivity contribution in [3.8, 4) is 0 Å². The maximum Gasteiger partial charge on any atom is 0 e. The zero-order valence-electron chi connectivity index (χ0n) is 3.91. The van der Waals surface area contributed by atoms with Gasteiger partial charge in [0.05, 0.1) is 0 Å². The Hall–Kier alpha value is 1.06. The standard InChI is InChI=1S/C4H9N.Y/c1-2-4-5-3-1;/h5H,1-4H2;. The van der Waals surface area contributed by atoms with Crippen LogP contribution in [-0.2, 0) is 32.7 Å². The first-order chi connectivity index (χ1) is 2.50. The Morgan fingerprint density at radius 2 is 1.50 bits per heavy atom. The molecule has 0 aromatic carbocycles. The van der Waals surface area contributed by atoms with Crippen LogP contribution < -0.4 is 5.32 Å². The van der Waals surface area contributed by atoms with Crippen LogP contribution in [0, 0.1) is 0 Å². The average Bonchev–Trinajstić information content (AvgIpc) is 1.76. The summed E-state index contributed by atoms with van der Waals surface area (Å²) in [6, 6.07) is 0. The van der Waals surface area contributed by atoms with Crippen molar-refractivity contribution in [1.29, 1.82) is 0 Å². The molecular formula is C4H9NY. The summed E-state index contributed by atoms with van der Waals surface area (Å²) in [5, 5.41) is 3.22. The van der Waals surface area contributed by atoms with E-state index in [1.807, 2.05) is 0 Å². The summed E-state index contributed by atoms with van der Waals surface area (Å²) in [5.41, 5.74) is 0. The molecule has 1 nitrogen and oxygen atoms in total. The second-order valence-corrected chi connectivity index (χ2v) is 1.46. The molecule has 1 aliphatic rings. The van der Waals surface area contributed by atoms with Gasteiger partial charge in [-0.3, -0.25) is 0 Å². The molecule has 1 N–H and O–H groups in total. The quantitative estimate of drug-likeness (QED) is 0.539. The molecule has 0 atom stereocenters. The molecule has 1 rings (SSSR count). The van der Waals surface area contributed by atoms with E-state index in [-0.39, 0.29) is 32.7 Å². The van der Waals surface area contributed by atoms with Crippen molar-refractivity contribution in [2.75, 3.05) is 13.1 Å². The third-order valence-electron chi connectivity index (χ3n) is 0.957. The van der Waals surface area contributed by atoms with Gasteiger partial charge in [0.15, 0.2) is 0 Å². The van der Waals surface area contributed by atoms with Crippen molar-refractivity contribution >= 4 is 0 Å². The number of hydrogen-bond acceptors (Lipinski definition) is 1. The molecule has 0 unspecified atom stereocenters. The molecule has 1 aliphatic heterocycles. The van der Waals surface area contributed by atoms with Crippen molar-refractivity contribution in [2.24, 2.45) is 0 Å². The van der Waals surface area contributed by atoms with Gasteiger partial charge in [-0.05, 0) is 25.9 Å². The maximum atomic E-state index is 3.22. The molecule has 1 heterocycles. The summed E-state index contributed by atoms with van der Waals surface area (Å²) < 4.78 is 0. The van der Waals surface area contributed by atoms with Gasteiger partial charge in [-0.1, -0.05) is 0 Å². The van der Waals surface area contributed by atoms with Crippen molar-refractivity contribution in [3.05, 3.63) is 0 Å². The number of hydrogen-bond donors (Lipinski definition) is 1. The fourth-order valence-corrected chi connectivity index (χ4v) is 0.625. The van der Waals surface area contributed by atoms with Crippen molar-refractivity contribution in [1.82, 2.24) is 5.32 Å². The van der Waals surface area contributed by atoms with Gasteiger partial charge in [0.1, 0.15) is 0 Å². The van der Waals surface area contributed by atoms with Crippen LogP contribution in [0.2, 0.25) is 0 Å². The fraction of sp³-hybridized carbons (Fsp3) is 1.00. The summed E-state index contributed by atoms with van der Waals surface area (Å²) in [6.45, 7) is 2.50. The zero-order chi connectivity index (χ0) is 3.54. The maximum absolute atomic E-state index is 3.22. The third-order valence-corrected chi connectivity index (χ3v) is 0.957. The van der Waals surface area contributed by atoms with E-state index >= 15 is 0 Å². The van der Waals surface area contributed by atoms with Gasteiger partial charge in [0.25, 0.3) is 0 Å². The SMILES string of the molecule is C1CCNC1.[Y]. The summed E-state index contributed by atoms with van der Waals surface area (Å²) in [5.74, 6) is 0. The van der Waals surface area contributed by atoms with Crippen molar-refractivity contribution < 1.29 is 32.7 Å². The van der Waals surface area contributed by atoms with Gasteiger partial charge in [-0.25, -0.2) is 0 Å². The molecule has 0 amide bonds. The second-order valence-electron chi connectivity index (χ2n) is 1.46. The Labute approximate surface area is 63.8 Å². The van der Waals surface area contributed by atoms with Crippen molar-refractivity contribution in [2.45, 2.75) is 12.8 Å². The average molecular weight is 160 g/mol. The van der Waals surface area contributed by atoms with Gasteiger partial charge < -0.3 is 5.32 Å². The molecule has 0 aliphatic carbocycles. The van der Waals surface area contributed by atoms with Crippen LogP contribution in [0.25, 0.3) is 0 Å². The van der Waals surface area contributed by atoms with Gasteiger partial charge in [-0.2, -0.15) is 0 Å². The van der Waals surface area contributed by atoms with E-state index in [1.165, 1.54) is 25.9 Å². The molecule has 1 fully saturated rings. The smallest absolute Gasteiger partial charge is 0 e. The Bertz CT molecular complexity index is 19.1. The van der Waals surface area contributed by atoms with E-state index in [4.69, 9.17) is 0 Å². The Kier molecular flexibility index (Phi) is 4.98. The molecule has 6 heavy (non-hydrogen) atoms. The summed E-state index contributed by atoms with van der Waals surface area (Å²) in [4.78, 5) is 0. The van der Waals surface area contributed by atoms with Crippen LogP contribution >= 0.6 is 0 Å². The van der Waals surface area contributed by atoms with Gasteiger partial charge in [0, 0.05) is 32.7 Å². The minimum absolute atomic E-state index is 0. The molecule has 0 spiro atoms. The van der Waals surface area contributed by atoms with Gasteiger partial charge in [0.2, 0.25) is 0 Å². The van der Waals surface area contributed by atoms with Gasteiger partial charge in [-0.15, -0.1) is 0 Å². The zero-order valence-corrected chi connectivity index (χ0v) is 6.74. The topological polar surface area (TPSA) is 12.0 Å². The normalized spacial score (nSPS) is 20.0. The number of nitrogens with one attached hydrogen (secondary N) is 1. The summed E-state index contributed by atoms with van der Waals surface area (Å²) >= 11 is 0. The predicted molar refractivity (Wildman–Crippen MR) is 22.1 cm³/mol. The second kappa shape index (κ2) is 4.23. The molecule has 33 valence electrons. The molecule has 2 heteroatoms. The van der Waals surface area contributed by atoms with Crippen LogP contribution in [-0.4, -0.2) is 13.1 Å². The molecule has 1 saturated heterocycles. The van der Waals surface area contributed by atoms with Gasteiger partial charge >= 0.3 is 0 Å². The Morgan fingerprint density at radius 1 is 1.00 bits per heavy atom.